The van der Waals surface area contributed by atoms with Gasteiger partial charge in [0.2, 0.25) is 5.91 Å². The fraction of sp³-hybridized carbons (Fsp3) is 0.316. The number of nitrogens with zero attached hydrogens (tertiary/aromatic N) is 2. The Morgan fingerprint density at radius 2 is 1.93 bits per heavy atom. The highest BCUT2D eigenvalue weighted by atomic mass is 19.4. The average Bonchev–Trinajstić information content (AvgIpc) is 2.65. The van der Waals surface area contributed by atoms with Crippen LogP contribution in [-0.4, -0.2) is 24.0 Å². The number of benzene rings is 1. The van der Waals surface area contributed by atoms with E-state index in [1.54, 1.807) is 25.3 Å². The molecule has 1 atom stereocenters. The van der Waals surface area contributed by atoms with Crippen LogP contribution in [0, 0.1) is 11.3 Å². The number of aromatic nitrogens is 1. The molecule has 0 radical (unpaired) electrons. The number of halogens is 3. The third-order valence-corrected chi connectivity index (χ3v) is 3.97. The summed E-state index contributed by atoms with van der Waals surface area (Å²) in [6.07, 6.45) is -2.64. The highest BCUT2D eigenvalue weighted by Gasteiger charge is 2.30. The van der Waals surface area contributed by atoms with Gasteiger partial charge in [0.05, 0.1) is 11.1 Å². The highest BCUT2D eigenvalue weighted by Crippen LogP contribution is 2.30. The van der Waals surface area contributed by atoms with Crippen molar-refractivity contribution >= 4 is 11.7 Å². The second kappa shape index (κ2) is 9.03. The molecule has 0 saturated heterocycles. The van der Waals surface area contributed by atoms with Crippen molar-refractivity contribution in [1.82, 2.24) is 10.3 Å². The lowest BCUT2D eigenvalue weighted by molar-refractivity contribution is -0.137. The largest absolute Gasteiger partial charge is 0.416 e. The quantitative estimate of drug-likeness (QED) is 0.723. The van der Waals surface area contributed by atoms with Gasteiger partial charge in [0.25, 0.3) is 0 Å². The lowest BCUT2D eigenvalue weighted by Crippen LogP contribution is -2.29. The summed E-state index contributed by atoms with van der Waals surface area (Å²) in [5.41, 5.74) is 0.378. The fourth-order valence-corrected chi connectivity index (χ4v) is 2.49. The number of amides is 1. The molecule has 0 saturated carbocycles. The Morgan fingerprint density at radius 1 is 1.22 bits per heavy atom. The minimum Gasteiger partial charge on any atom is -0.367 e. The fourth-order valence-electron chi connectivity index (χ4n) is 2.49. The number of nitriles is 1. The normalized spacial score (nSPS) is 12.1. The number of hydrogen-bond acceptors (Lipinski definition) is 4. The SMILES string of the molecule is CC(CC(=O)NCCNc1ncccc1C#N)c1ccc(C(F)(F)F)cc1. The van der Waals surface area contributed by atoms with Crippen LogP contribution in [0.3, 0.4) is 0 Å². The molecule has 1 aromatic heterocycles. The smallest absolute Gasteiger partial charge is 0.367 e. The van der Waals surface area contributed by atoms with Gasteiger partial charge in [0.15, 0.2) is 0 Å². The molecule has 8 heteroatoms. The van der Waals surface area contributed by atoms with Gasteiger partial charge in [-0.2, -0.15) is 18.4 Å². The number of rotatable bonds is 7. The van der Waals surface area contributed by atoms with Crippen LogP contribution in [0.5, 0.6) is 0 Å². The third-order valence-electron chi connectivity index (χ3n) is 3.97. The average molecular weight is 376 g/mol. The summed E-state index contributed by atoms with van der Waals surface area (Å²) < 4.78 is 37.7. The number of pyridine rings is 1. The summed E-state index contributed by atoms with van der Waals surface area (Å²) in [7, 11) is 0. The number of nitrogens with one attached hydrogen (secondary N) is 2. The van der Waals surface area contributed by atoms with E-state index in [9.17, 15) is 18.0 Å². The van der Waals surface area contributed by atoms with E-state index in [-0.39, 0.29) is 18.2 Å². The van der Waals surface area contributed by atoms with Gasteiger partial charge in [-0.25, -0.2) is 4.98 Å². The molecule has 1 heterocycles. The highest BCUT2D eigenvalue weighted by molar-refractivity contribution is 5.76. The summed E-state index contributed by atoms with van der Waals surface area (Å²) in [6.45, 7) is 2.51. The lowest BCUT2D eigenvalue weighted by Gasteiger charge is -2.14. The van der Waals surface area contributed by atoms with E-state index in [1.807, 2.05) is 6.07 Å². The zero-order valence-corrected chi connectivity index (χ0v) is 14.7. The first-order chi connectivity index (χ1) is 12.8. The van der Waals surface area contributed by atoms with Crippen molar-refractivity contribution in [2.24, 2.45) is 0 Å². The van der Waals surface area contributed by atoms with Crippen molar-refractivity contribution in [3.05, 3.63) is 59.3 Å². The van der Waals surface area contributed by atoms with Crippen molar-refractivity contribution in [3.8, 4) is 6.07 Å². The van der Waals surface area contributed by atoms with Gasteiger partial charge in [0, 0.05) is 25.7 Å². The number of anilines is 1. The molecule has 0 aliphatic carbocycles. The molecule has 142 valence electrons. The van der Waals surface area contributed by atoms with Crippen molar-refractivity contribution in [2.45, 2.75) is 25.4 Å². The Morgan fingerprint density at radius 3 is 2.56 bits per heavy atom. The molecule has 5 nitrogen and oxygen atoms in total. The van der Waals surface area contributed by atoms with Gasteiger partial charge in [0.1, 0.15) is 11.9 Å². The van der Waals surface area contributed by atoms with Crippen molar-refractivity contribution < 1.29 is 18.0 Å². The number of hydrogen-bond donors (Lipinski definition) is 2. The van der Waals surface area contributed by atoms with Crippen LogP contribution in [-0.2, 0) is 11.0 Å². The molecule has 0 bridgehead atoms. The Labute approximate surface area is 155 Å². The predicted octanol–water partition coefficient (Wildman–Crippen LogP) is 3.69. The Balaban J connectivity index is 1.77. The Bertz CT molecular complexity index is 813. The summed E-state index contributed by atoms with van der Waals surface area (Å²) in [4.78, 5) is 16.1. The zero-order chi connectivity index (χ0) is 19.9. The maximum Gasteiger partial charge on any atom is 0.416 e. The molecule has 0 aliphatic heterocycles. The lowest BCUT2D eigenvalue weighted by atomic mass is 9.96. The molecular formula is C19H19F3N4O. The molecule has 1 aromatic carbocycles. The minimum atomic E-state index is -4.37. The minimum absolute atomic E-state index is 0.165. The predicted molar refractivity (Wildman–Crippen MR) is 94.9 cm³/mol. The maximum atomic E-state index is 12.6. The first-order valence-electron chi connectivity index (χ1n) is 8.34. The third kappa shape index (κ3) is 5.99. The van der Waals surface area contributed by atoms with Crippen LogP contribution in [0.2, 0.25) is 0 Å². The number of alkyl halides is 3. The standard InChI is InChI=1S/C19H19F3N4O/c1-13(14-4-6-16(7-5-14)19(20,21)22)11-17(27)24-9-10-26-18-15(12-23)3-2-8-25-18/h2-8,13H,9-11H2,1H3,(H,24,27)(H,25,26). The number of carbonyl (C=O) groups is 1. The summed E-state index contributed by atoms with van der Waals surface area (Å²) in [6, 6.07) is 10.2. The van der Waals surface area contributed by atoms with Crippen LogP contribution in [0.4, 0.5) is 19.0 Å². The topological polar surface area (TPSA) is 77.8 Å². The van der Waals surface area contributed by atoms with E-state index in [1.165, 1.54) is 12.1 Å². The van der Waals surface area contributed by atoms with Crippen molar-refractivity contribution in [2.75, 3.05) is 18.4 Å². The van der Waals surface area contributed by atoms with Gasteiger partial charge in [-0.1, -0.05) is 19.1 Å². The Hall–Kier alpha value is -3.08. The Kier molecular flexibility index (Phi) is 6.77. The molecule has 0 fully saturated rings. The maximum absolute atomic E-state index is 12.6. The van der Waals surface area contributed by atoms with Crippen molar-refractivity contribution in [1.29, 1.82) is 5.26 Å². The van der Waals surface area contributed by atoms with Crippen LogP contribution in [0.15, 0.2) is 42.6 Å². The monoisotopic (exact) mass is 376 g/mol. The van der Waals surface area contributed by atoms with Gasteiger partial charge in [-0.05, 0) is 35.7 Å². The van der Waals surface area contributed by atoms with Crippen LogP contribution in [0.1, 0.15) is 36.0 Å². The molecule has 0 aliphatic rings. The van der Waals surface area contributed by atoms with Crippen molar-refractivity contribution in [3.63, 3.8) is 0 Å². The molecular weight excluding hydrogens is 357 g/mol. The van der Waals surface area contributed by atoms with Crippen LogP contribution >= 0.6 is 0 Å². The first kappa shape index (κ1) is 20.2. The zero-order valence-electron chi connectivity index (χ0n) is 14.7. The molecule has 1 amide bonds. The van der Waals surface area contributed by atoms with E-state index in [2.05, 4.69) is 15.6 Å². The molecule has 2 N–H and O–H groups in total. The molecule has 27 heavy (non-hydrogen) atoms. The molecule has 0 spiro atoms. The number of carbonyl (C=O) groups excluding carboxylic acids is 1. The summed E-state index contributed by atoms with van der Waals surface area (Å²) in [5, 5.41) is 14.7. The molecule has 2 rings (SSSR count). The van der Waals surface area contributed by atoms with Gasteiger partial charge >= 0.3 is 6.18 Å². The van der Waals surface area contributed by atoms with E-state index in [4.69, 9.17) is 5.26 Å². The van der Waals surface area contributed by atoms with Gasteiger partial charge in [-0.15, -0.1) is 0 Å². The second-order valence-electron chi connectivity index (χ2n) is 6.01. The van der Waals surface area contributed by atoms with Crippen LogP contribution in [0.25, 0.3) is 0 Å². The van der Waals surface area contributed by atoms with E-state index < -0.39 is 11.7 Å². The van der Waals surface area contributed by atoms with E-state index in [0.29, 0.717) is 30.0 Å². The molecule has 1 unspecified atom stereocenters. The van der Waals surface area contributed by atoms with Crippen LogP contribution < -0.4 is 10.6 Å². The second-order valence-corrected chi connectivity index (χ2v) is 6.01. The summed E-state index contributed by atoms with van der Waals surface area (Å²) in [5.74, 6) is 0.0410. The van der Waals surface area contributed by atoms with E-state index in [0.717, 1.165) is 12.1 Å². The van der Waals surface area contributed by atoms with E-state index >= 15 is 0 Å². The summed E-state index contributed by atoms with van der Waals surface area (Å²) >= 11 is 0. The first-order valence-corrected chi connectivity index (χ1v) is 8.34. The molecule has 2 aromatic rings. The van der Waals surface area contributed by atoms with Gasteiger partial charge in [-0.3, -0.25) is 4.79 Å². The van der Waals surface area contributed by atoms with Gasteiger partial charge < -0.3 is 10.6 Å².